The van der Waals surface area contributed by atoms with E-state index < -0.39 is 0 Å². The molecule has 1 aromatic heterocycles. The minimum atomic E-state index is 0.904. The van der Waals surface area contributed by atoms with Crippen LogP contribution in [0.3, 0.4) is 0 Å². The van der Waals surface area contributed by atoms with Crippen LogP contribution in [0.25, 0.3) is 109 Å². The van der Waals surface area contributed by atoms with Crippen LogP contribution >= 0.6 is 0 Å². The second-order valence-corrected chi connectivity index (χ2v) is 13.6. The Morgan fingerprint density at radius 2 is 0.843 bits per heavy atom. The number of fused-ring (bicyclic) bond motifs is 9. The maximum absolute atomic E-state index is 6.91. The highest BCUT2D eigenvalue weighted by Gasteiger charge is 2.23. The summed E-state index contributed by atoms with van der Waals surface area (Å²) < 4.78 is 6.91. The summed E-state index contributed by atoms with van der Waals surface area (Å²) in [5, 5.41) is 14.7. The smallest absolute Gasteiger partial charge is 0.143 e. The lowest BCUT2D eigenvalue weighted by atomic mass is 9.83. The van der Waals surface area contributed by atoms with Crippen molar-refractivity contribution in [2.45, 2.75) is 0 Å². The minimum Gasteiger partial charge on any atom is -0.455 e. The Morgan fingerprint density at radius 3 is 1.55 bits per heavy atom. The Hall–Kier alpha value is -6.70. The van der Waals surface area contributed by atoms with E-state index in [1.807, 2.05) is 0 Å². The second kappa shape index (κ2) is 10.9. The minimum absolute atomic E-state index is 0.904. The van der Waals surface area contributed by atoms with Gasteiger partial charge in [-0.3, -0.25) is 0 Å². The molecule has 0 unspecified atom stereocenters. The van der Waals surface area contributed by atoms with Crippen molar-refractivity contribution in [3.8, 4) is 33.4 Å². The molecule has 0 N–H and O–H groups in total. The van der Waals surface area contributed by atoms with Gasteiger partial charge in [0.15, 0.2) is 0 Å². The molecule has 0 bridgehead atoms. The van der Waals surface area contributed by atoms with E-state index in [0.29, 0.717) is 0 Å². The van der Waals surface area contributed by atoms with Crippen LogP contribution < -0.4 is 0 Å². The van der Waals surface area contributed by atoms with Crippen molar-refractivity contribution in [2.24, 2.45) is 0 Å². The lowest BCUT2D eigenvalue weighted by Crippen LogP contribution is -1.92. The van der Waals surface area contributed by atoms with Gasteiger partial charge in [0.1, 0.15) is 11.2 Å². The molecule has 1 nitrogen and oxygen atoms in total. The van der Waals surface area contributed by atoms with E-state index in [0.717, 1.165) is 33.1 Å². The van der Waals surface area contributed by atoms with E-state index in [1.54, 1.807) is 0 Å². The van der Waals surface area contributed by atoms with Crippen molar-refractivity contribution in [1.29, 1.82) is 0 Å². The third kappa shape index (κ3) is 4.16. The average molecular weight is 647 g/mol. The highest BCUT2D eigenvalue weighted by atomic mass is 16.3. The van der Waals surface area contributed by atoms with Crippen molar-refractivity contribution >= 4 is 75.8 Å². The first kappa shape index (κ1) is 28.2. The number of rotatable bonds is 3. The Bertz CT molecular complexity index is 3130. The van der Waals surface area contributed by atoms with Crippen LogP contribution in [0, 0.1) is 0 Å². The molecule has 0 saturated carbocycles. The quantitative estimate of drug-likeness (QED) is 0.138. The van der Waals surface area contributed by atoms with Crippen LogP contribution in [0.2, 0.25) is 0 Å². The fourth-order valence-electron chi connectivity index (χ4n) is 8.59. The van der Waals surface area contributed by atoms with Crippen molar-refractivity contribution in [2.75, 3.05) is 0 Å². The molecule has 1 heteroatoms. The lowest BCUT2D eigenvalue weighted by molar-refractivity contribution is 0.670. The Labute approximate surface area is 294 Å². The van der Waals surface area contributed by atoms with E-state index >= 15 is 0 Å². The van der Waals surface area contributed by atoms with Gasteiger partial charge in [-0.05, 0) is 99.9 Å². The second-order valence-electron chi connectivity index (χ2n) is 13.6. The molecule has 0 aliphatic rings. The summed E-state index contributed by atoms with van der Waals surface area (Å²) in [6.07, 6.45) is 0. The normalized spacial score (nSPS) is 11.9. The van der Waals surface area contributed by atoms with Crippen molar-refractivity contribution < 1.29 is 4.42 Å². The summed E-state index contributed by atoms with van der Waals surface area (Å²) in [6, 6.07) is 66.2. The van der Waals surface area contributed by atoms with Gasteiger partial charge in [-0.2, -0.15) is 0 Å². The fraction of sp³-hybridized carbons (Fsp3) is 0. The molecular formula is C50H30O. The van der Waals surface area contributed by atoms with Crippen LogP contribution in [-0.2, 0) is 0 Å². The molecule has 0 fully saturated rings. The molecule has 0 spiro atoms. The molecule has 0 aliphatic heterocycles. The van der Waals surface area contributed by atoms with E-state index in [2.05, 4.69) is 182 Å². The van der Waals surface area contributed by atoms with E-state index in [-0.39, 0.29) is 0 Å². The first-order valence-electron chi connectivity index (χ1n) is 17.6. The van der Waals surface area contributed by atoms with Gasteiger partial charge in [0.25, 0.3) is 0 Å². The Kier molecular flexibility index (Phi) is 6.02. The number of benzene rings is 10. The van der Waals surface area contributed by atoms with Crippen LogP contribution in [0.15, 0.2) is 186 Å². The van der Waals surface area contributed by atoms with Crippen molar-refractivity contribution in [3.05, 3.63) is 182 Å². The molecule has 0 amide bonds. The van der Waals surface area contributed by atoms with E-state index in [4.69, 9.17) is 4.42 Å². The highest BCUT2D eigenvalue weighted by Crippen LogP contribution is 2.50. The monoisotopic (exact) mass is 646 g/mol. The zero-order valence-corrected chi connectivity index (χ0v) is 27.7. The maximum Gasteiger partial charge on any atom is 0.143 e. The molecule has 0 atom stereocenters. The summed E-state index contributed by atoms with van der Waals surface area (Å²) >= 11 is 0. The number of hydrogen-bond donors (Lipinski definition) is 0. The molecule has 11 aromatic rings. The van der Waals surface area contributed by atoms with Gasteiger partial charge in [0, 0.05) is 16.3 Å². The van der Waals surface area contributed by atoms with Crippen LogP contribution in [0.4, 0.5) is 0 Å². The largest absolute Gasteiger partial charge is 0.455 e. The summed E-state index contributed by atoms with van der Waals surface area (Å²) in [5.74, 6) is 0. The van der Waals surface area contributed by atoms with E-state index in [9.17, 15) is 0 Å². The molecule has 11 rings (SSSR count). The first-order valence-corrected chi connectivity index (χ1v) is 17.6. The predicted molar refractivity (Wildman–Crippen MR) is 218 cm³/mol. The van der Waals surface area contributed by atoms with Crippen LogP contribution in [0.5, 0.6) is 0 Å². The summed E-state index contributed by atoms with van der Waals surface area (Å²) in [7, 11) is 0. The molecular weight excluding hydrogens is 617 g/mol. The van der Waals surface area contributed by atoms with Crippen molar-refractivity contribution in [1.82, 2.24) is 0 Å². The zero-order chi connectivity index (χ0) is 33.5. The van der Waals surface area contributed by atoms with E-state index in [1.165, 1.54) is 76.1 Å². The Balaban J connectivity index is 1.29. The molecule has 236 valence electrons. The zero-order valence-electron chi connectivity index (χ0n) is 27.7. The summed E-state index contributed by atoms with van der Waals surface area (Å²) in [6.45, 7) is 0. The number of hydrogen-bond acceptors (Lipinski definition) is 1. The van der Waals surface area contributed by atoms with Crippen LogP contribution in [-0.4, -0.2) is 0 Å². The number of furan rings is 1. The van der Waals surface area contributed by atoms with Gasteiger partial charge in [0.2, 0.25) is 0 Å². The third-order valence-electron chi connectivity index (χ3n) is 10.8. The average Bonchev–Trinajstić information content (AvgIpc) is 3.57. The van der Waals surface area contributed by atoms with Gasteiger partial charge in [-0.25, -0.2) is 0 Å². The standard InChI is InChI=1S/C50H30O/c1-2-13-31(14-3-1)36-27-28-44(49-45-29-33-16-4-5-17-34(33)30-46(45)51-50(36)49)48-42-21-10-8-19-40(42)47(41-20-9-11-22-43(41)48)39-24-12-23-37-35-18-7-6-15-32(35)25-26-38(37)39/h1-30H. The van der Waals surface area contributed by atoms with Gasteiger partial charge in [-0.1, -0.05) is 164 Å². The third-order valence-corrected chi connectivity index (χ3v) is 10.8. The topological polar surface area (TPSA) is 13.1 Å². The van der Waals surface area contributed by atoms with Gasteiger partial charge in [0.05, 0.1) is 0 Å². The lowest BCUT2D eigenvalue weighted by Gasteiger charge is -2.20. The van der Waals surface area contributed by atoms with Gasteiger partial charge >= 0.3 is 0 Å². The fourth-order valence-corrected chi connectivity index (χ4v) is 8.59. The van der Waals surface area contributed by atoms with Gasteiger partial charge < -0.3 is 4.42 Å². The highest BCUT2D eigenvalue weighted by molar-refractivity contribution is 6.28. The molecule has 51 heavy (non-hydrogen) atoms. The van der Waals surface area contributed by atoms with Gasteiger partial charge in [-0.15, -0.1) is 0 Å². The molecule has 1 heterocycles. The maximum atomic E-state index is 6.91. The molecule has 10 aromatic carbocycles. The molecule has 0 saturated heterocycles. The summed E-state index contributed by atoms with van der Waals surface area (Å²) in [5.41, 5.74) is 9.00. The predicted octanol–water partition coefficient (Wildman–Crippen LogP) is 14.4. The SMILES string of the molecule is c1ccc(-c2ccc(-c3c4ccccc4c(-c4cccc5c4ccc4ccccc45)c4ccccc34)c3c2oc2cc4ccccc4cc23)cc1. The Morgan fingerprint density at radius 1 is 0.294 bits per heavy atom. The summed E-state index contributed by atoms with van der Waals surface area (Å²) in [4.78, 5) is 0. The van der Waals surface area contributed by atoms with Crippen LogP contribution in [0.1, 0.15) is 0 Å². The molecule has 0 aliphatic carbocycles. The molecule has 0 radical (unpaired) electrons. The first-order chi connectivity index (χ1) is 25.3. The van der Waals surface area contributed by atoms with Crippen molar-refractivity contribution in [3.63, 3.8) is 0 Å².